The van der Waals surface area contributed by atoms with Crippen molar-refractivity contribution in [2.45, 2.75) is 13.5 Å². The Morgan fingerprint density at radius 3 is 2.40 bits per heavy atom. The summed E-state index contributed by atoms with van der Waals surface area (Å²) in [6, 6.07) is 18.0. The van der Waals surface area contributed by atoms with Crippen LogP contribution in [0.1, 0.15) is 22.8 Å². The molecule has 0 radical (unpaired) electrons. The molecule has 0 aliphatic heterocycles. The molecule has 9 nitrogen and oxygen atoms in total. The number of ether oxygens (including phenoxy) is 2. The molecule has 0 unspecified atom stereocenters. The van der Waals surface area contributed by atoms with E-state index < -0.39 is 10.8 Å². The van der Waals surface area contributed by atoms with Crippen LogP contribution in [-0.2, 0) is 11.3 Å². The number of hydrogen-bond donors (Lipinski definition) is 1. The van der Waals surface area contributed by atoms with Gasteiger partial charge in [-0.1, -0.05) is 41.9 Å². The molecule has 2 amide bonds. The number of nitrogens with one attached hydrogen (secondary N) is 1. The van der Waals surface area contributed by atoms with Gasteiger partial charge in [-0.25, -0.2) is 0 Å². The van der Waals surface area contributed by atoms with Gasteiger partial charge in [0.2, 0.25) is 11.7 Å². The molecule has 3 rings (SSSR count). The molecule has 0 atom stereocenters. The van der Waals surface area contributed by atoms with Crippen LogP contribution in [0, 0.1) is 10.1 Å². The highest BCUT2D eigenvalue weighted by molar-refractivity contribution is 6.30. The summed E-state index contributed by atoms with van der Waals surface area (Å²) in [5, 5.41) is 14.1. The molecular weight excluding hydrogens is 474 g/mol. The van der Waals surface area contributed by atoms with Crippen LogP contribution in [0.3, 0.4) is 0 Å². The smallest absolute Gasteiger partial charge is 0.313 e. The second-order valence-corrected chi connectivity index (χ2v) is 7.85. The topological polar surface area (TPSA) is 111 Å². The first-order chi connectivity index (χ1) is 16.8. The number of likely N-dealkylation sites (N-methyl/N-ethyl adjacent to an activating group) is 1. The van der Waals surface area contributed by atoms with E-state index in [4.69, 9.17) is 21.1 Å². The Hall–Kier alpha value is -4.11. The van der Waals surface area contributed by atoms with E-state index in [2.05, 4.69) is 5.32 Å². The summed E-state index contributed by atoms with van der Waals surface area (Å²) < 4.78 is 11.0. The third-order valence-electron chi connectivity index (χ3n) is 5.11. The van der Waals surface area contributed by atoms with E-state index >= 15 is 0 Å². The minimum absolute atomic E-state index is 0.0291. The average molecular weight is 498 g/mol. The molecule has 0 heterocycles. The third-order valence-corrected chi connectivity index (χ3v) is 5.35. The van der Waals surface area contributed by atoms with Gasteiger partial charge in [-0.2, -0.15) is 0 Å². The zero-order valence-corrected chi connectivity index (χ0v) is 19.9. The first kappa shape index (κ1) is 25.5. The van der Waals surface area contributed by atoms with Crippen molar-refractivity contribution in [1.82, 2.24) is 10.2 Å². The summed E-state index contributed by atoms with van der Waals surface area (Å²) in [6.45, 7) is 2.65. The third kappa shape index (κ3) is 6.70. The minimum Gasteiger partial charge on any atom is -0.493 e. The van der Waals surface area contributed by atoms with E-state index in [1.54, 1.807) is 4.90 Å². The SMILES string of the molecule is CCN(Cc1ccccc1)C(=O)CNC(=O)c1ccc(Oc2ccc(Cl)cc2[N+](=O)[O-])c(OC)c1. The monoisotopic (exact) mass is 497 g/mol. The molecule has 182 valence electrons. The lowest BCUT2D eigenvalue weighted by molar-refractivity contribution is -0.385. The molecule has 0 spiro atoms. The number of carbonyl (C=O) groups excluding carboxylic acids is 2. The highest BCUT2D eigenvalue weighted by Crippen LogP contribution is 2.37. The number of halogens is 1. The molecule has 0 bridgehead atoms. The Morgan fingerprint density at radius 2 is 1.74 bits per heavy atom. The fourth-order valence-corrected chi connectivity index (χ4v) is 3.45. The molecule has 35 heavy (non-hydrogen) atoms. The van der Waals surface area contributed by atoms with Crippen LogP contribution in [0.4, 0.5) is 5.69 Å². The van der Waals surface area contributed by atoms with Crippen LogP contribution in [0.2, 0.25) is 5.02 Å². The summed E-state index contributed by atoms with van der Waals surface area (Å²) in [5.74, 6) is -0.361. The minimum atomic E-state index is -0.607. The van der Waals surface area contributed by atoms with Crippen molar-refractivity contribution in [3.8, 4) is 17.2 Å². The van der Waals surface area contributed by atoms with Gasteiger partial charge in [-0.3, -0.25) is 19.7 Å². The first-order valence-electron chi connectivity index (χ1n) is 10.7. The van der Waals surface area contributed by atoms with E-state index in [-0.39, 0.29) is 46.0 Å². The van der Waals surface area contributed by atoms with E-state index in [9.17, 15) is 19.7 Å². The molecule has 0 aliphatic carbocycles. The van der Waals surface area contributed by atoms with Crippen molar-refractivity contribution in [1.29, 1.82) is 0 Å². The van der Waals surface area contributed by atoms with E-state index in [1.807, 2.05) is 37.3 Å². The number of amides is 2. The van der Waals surface area contributed by atoms with Crippen molar-refractivity contribution in [2.24, 2.45) is 0 Å². The van der Waals surface area contributed by atoms with Gasteiger partial charge in [0.25, 0.3) is 5.91 Å². The van der Waals surface area contributed by atoms with Crippen LogP contribution in [0.5, 0.6) is 17.2 Å². The Kier molecular flexibility index (Phi) is 8.63. The fraction of sp³-hybridized carbons (Fsp3) is 0.200. The number of hydrogen-bond acceptors (Lipinski definition) is 6. The van der Waals surface area contributed by atoms with Gasteiger partial charge in [0.1, 0.15) is 0 Å². The van der Waals surface area contributed by atoms with Gasteiger partial charge in [0, 0.05) is 29.7 Å². The standard InChI is InChI=1S/C25H24ClN3O6/c1-3-28(16-17-7-5-4-6-8-17)24(30)15-27-25(31)18-9-11-22(23(13-18)34-2)35-21-12-10-19(26)14-20(21)29(32)33/h4-14H,3,15-16H2,1-2H3,(H,27,31). The zero-order valence-electron chi connectivity index (χ0n) is 19.2. The van der Waals surface area contributed by atoms with Gasteiger partial charge in [0.15, 0.2) is 11.5 Å². The molecule has 0 saturated heterocycles. The second kappa shape index (κ2) is 11.8. The molecule has 3 aromatic rings. The molecule has 0 aromatic heterocycles. The molecule has 1 N–H and O–H groups in total. The maximum atomic E-state index is 12.7. The van der Waals surface area contributed by atoms with Crippen molar-refractivity contribution >= 4 is 29.1 Å². The Bertz CT molecular complexity index is 1220. The summed E-state index contributed by atoms with van der Waals surface area (Å²) >= 11 is 5.84. The Balaban J connectivity index is 1.68. The van der Waals surface area contributed by atoms with Gasteiger partial charge in [-0.05, 0) is 42.8 Å². The van der Waals surface area contributed by atoms with Crippen molar-refractivity contribution < 1.29 is 24.0 Å². The number of nitro groups is 1. The number of methoxy groups -OCH3 is 1. The highest BCUT2D eigenvalue weighted by Gasteiger charge is 2.20. The Labute approximate surface area is 207 Å². The van der Waals surface area contributed by atoms with Gasteiger partial charge in [-0.15, -0.1) is 0 Å². The lowest BCUT2D eigenvalue weighted by Crippen LogP contribution is -2.39. The summed E-state index contributed by atoms with van der Waals surface area (Å²) in [7, 11) is 1.38. The van der Waals surface area contributed by atoms with Gasteiger partial charge in [0.05, 0.1) is 18.6 Å². The molecule has 0 saturated carbocycles. The van der Waals surface area contributed by atoms with Crippen LogP contribution in [-0.4, -0.2) is 41.8 Å². The molecule has 10 heteroatoms. The van der Waals surface area contributed by atoms with Crippen LogP contribution >= 0.6 is 11.6 Å². The predicted octanol–water partition coefficient (Wildman–Crippen LogP) is 4.83. The Morgan fingerprint density at radius 1 is 1.03 bits per heavy atom. The highest BCUT2D eigenvalue weighted by atomic mass is 35.5. The number of nitrogens with zero attached hydrogens (tertiary/aromatic N) is 2. The maximum Gasteiger partial charge on any atom is 0.313 e. The lowest BCUT2D eigenvalue weighted by atomic mass is 10.2. The summed E-state index contributed by atoms with van der Waals surface area (Å²) in [4.78, 5) is 37.6. The summed E-state index contributed by atoms with van der Waals surface area (Å²) in [5.41, 5.74) is 0.921. The van der Waals surface area contributed by atoms with Crippen molar-refractivity contribution in [2.75, 3.05) is 20.2 Å². The van der Waals surface area contributed by atoms with E-state index in [0.29, 0.717) is 13.1 Å². The quantitative estimate of drug-likeness (QED) is 0.317. The number of nitro benzene ring substituents is 1. The van der Waals surface area contributed by atoms with E-state index in [1.165, 1.54) is 43.5 Å². The van der Waals surface area contributed by atoms with Gasteiger partial charge < -0.3 is 19.7 Å². The molecule has 3 aromatic carbocycles. The van der Waals surface area contributed by atoms with E-state index in [0.717, 1.165) is 5.56 Å². The normalized spacial score (nSPS) is 10.4. The number of rotatable bonds is 10. The second-order valence-electron chi connectivity index (χ2n) is 7.41. The van der Waals surface area contributed by atoms with Crippen molar-refractivity contribution in [3.63, 3.8) is 0 Å². The molecule has 0 fully saturated rings. The fourth-order valence-electron chi connectivity index (χ4n) is 3.28. The number of carbonyl (C=O) groups is 2. The first-order valence-corrected chi connectivity index (χ1v) is 11.1. The lowest BCUT2D eigenvalue weighted by Gasteiger charge is -2.21. The van der Waals surface area contributed by atoms with Crippen LogP contribution < -0.4 is 14.8 Å². The molecular formula is C25H24ClN3O6. The zero-order chi connectivity index (χ0) is 25.4. The van der Waals surface area contributed by atoms with Gasteiger partial charge >= 0.3 is 5.69 Å². The average Bonchev–Trinajstić information content (AvgIpc) is 2.87. The van der Waals surface area contributed by atoms with Crippen LogP contribution in [0.15, 0.2) is 66.7 Å². The largest absolute Gasteiger partial charge is 0.493 e. The summed E-state index contributed by atoms with van der Waals surface area (Å²) in [6.07, 6.45) is 0. The maximum absolute atomic E-state index is 12.7. The predicted molar refractivity (Wildman–Crippen MR) is 131 cm³/mol. The molecule has 0 aliphatic rings. The number of benzene rings is 3. The van der Waals surface area contributed by atoms with Crippen molar-refractivity contribution in [3.05, 3.63) is 93.0 Å². The van der Waals surface area contributed by atoms with Crippen LogP contribution in [0.25, 0.3) is 0 Å².